The van der Waals surface area contributed by atoms with E-state index in [9.17, 15) is 9.90 Å². The van der Waals surface area contributed by atoms with Crippen molar-refractivity contribution in [3.8, 4) is 5.75 Å². The summed E-state index contributed by atoms with van der Waals surface area (Å²) in [6.45, 7) is 21.0. The predicted molar refractivity (Wildman–Crippen MR) is 124 cm³/mol. The first kappa shape index (κ1) is 23.2. The quantitative estimate of drug-likeness (QED) is 0.582. The predicted octanol–water partition coefficient (Wildman–Crippen LogP) is 7.33. The van der Waals surface area contributed by atoms with Crippen LogP contribution in [0.3, 0.4) is 0 Å². The summed E-state index contributed by atoms with van der Waals surface area (Å²) in [6.07, 6.45) is 6.20. The lowest BCUT2D eigenvalue weighted by Crippen LogP contribution is -2.24. The highest BCUT2D eigenvalue weighted by Gasteiger charge is 2.30. The number of ketones is 1. The second-order valence-electron chi connectivity index (χ2n) is 10.9. The van der Waals surface area contributed by atoms with Crippen molar-refractivity contribution in [1.82, 2.24) is 0 Å². The Morgan fingerprint density at radius 1 is 0.862 bits per heavy atom. The van der Waals surface area contributed by atoms with Crippen LogP contribution in [0.25, 0.3) is 6.08 Å². The van der Waals surface area contributed by atoms with E-state index >= 15 is 0 Å². The van der Waals surface area contributed by atoms with Crippen molar-refractivity contribution in [2.75, 3.05) is 0 Å². The number of phenols is 1. The van der Waals surface area contributed by atoms with Crippen LogP contribution in [0, 0.1) is 11.3 Å². The van der Waals surface area contributed by atoms with Gasteiger partial charge in [0.15, 0.2) is 5.78 Å². The van der Waals surface area contributed by atoms with Gasteiger partial charge in [0.25, 0.3) is 0 Å². The monoisotopic (exact) mass is 394 g/mol. The third-order valence-corrected chi connectivity index (χ3v) is 5.50. The van der Waals surface area contributed by atoms with Crippen LogP contribution in [-0.2, 0) is 10.2 Å². The number of phenolic OH excluding ortho intramolecular Hbond substituents is 1. The maximum Gasteiger partial charge on any atom is 0.185 e. The molecule has 2 rings (SSSR count). The molecule has 0 spiro atoms. The second kappa shape index (κ2) is 7.97. The molecule has 1 aromatic carbocycles. The Hall–Kier alpha value is -2.09. The summed E-state index contributed by atoms with van der Waals surface area (Å²) in [6, 6.07) is 4.16. The van der Waals surface area contributed by atoms with Crippen LogP contribution in [0.15, 0.2) is 41.0 Å². The van der Waals surface area contributed by atoms with Crippen molar-refractivity contribution in [3.05, 3.63) is 57.7 Å². The first-order valence-electron chi connectivity index (χ1n) is 10.7. The minimum atomic E-state index is -0.209. The highest BCUT2D eigenvalue weighted by atomic mass is 16.3. The Bertz CT molecular complexity index is 892. The number of hydrogen-bond acceptors (Lipinski definition) is 2. The molecule has 2 heteroatoms. The van der Waals surface area contributed by atoms with Crippen LogP contribution in [0.1, 0.15) is 91.8 Å². The highest BCUT2D eigenvalue weighted by molar-refractivity contribution is 6.11. The van der Waals surface area contributed by atoms with Crippen molar-refractivity contribution >= 4 is 11.9 Å². The Kier molecular flexibility index (Phi) is 6.37. The van der Waals surface area contributed by atoms with Gasteiger partial charge in [-0.05, 0) is 69.7 Å². The van der Waals surface area contributed by atoms with Gasteiger partial charge in [0.05, 0.1) is 0 Å². The van der Waals surface area contributed by atoms with Crippen LogP contribution in [0.2, 0.25) is 0 Å². The molecule has 0 unspecified atom stereocenters. The lowest BCUT2D eigenvalue weighted by Gasteiger charge is -2.27. The van der Waals surface area contributed by atoms with E-state index in [2.05, 4.69) is 87.4 Å². The molecular formula is C27H38O2. The third-order valence-electron chi connectivity index (χ3n) is 5.50. The van der Waals surface area contributed by atoms with E-state index in [0.717, 1.165) is 33.4 Å². The SMILES string of the molecule is CC(C)C1=CC(=Cc2cc(C(C)C)c(O)c(C(C)(C)C)c2)C=C(C(C)(C)C)C1=O. The first-order chi connectivity index (χ1) is 13.1. The van der Waals surface area contributed by atoms with Gasteiger partial charge in [-0.3, -0.25) is 4.79 Å². The highest BCUT2D eigenvalue weighted by Crippen LogP contribution is 2.39. The number of carbonyl (C=O) groups is 1. The van der Waals surface area contributed by atoms with Gasteiger partial charge >= 0.3 is 0 Å². The number of carbonyl (C=O) groups excluding carboxylic acids is 1. The molecule has 0 aliphatic heterocycles. The van der Waals surface area contributed by atoms with Crippen molar-refractivity contribution in [1.29, 1.82) is 0 Å². The molecule has 0 radical (unpaired) electrons. The molecule has 1 aromatic rings. The fourth-order valence-corrected chi connectivity index (χ4v) is 3.71. The fraction of sp³-hybridized carbons (Fsp3) is 0.519. The van der Waals surface area contributed by atoms with Crippen LogP contribution in [0.4, 0.5) is 0 Å². The van der Waals surface area contributed by atoms with Crippen LogP contribution in [0.5, 0.6) is 5.75 Å². The zero-order valence-electron chi connectivity index (χ0n) is 19.9. The van der Waals surface area contributed by atoms with Gasteiger partial charge in [0, 0.05) is 16.7 Å². The smallest absolute Gasteiger partial charge is 0.185 e. The fourth-order valence-electron chi connectivity index (χ4n) is 3.71. The molecule has 2 nitrogen and oxygen atoms in total. The molecular weight excluding hydrogens is 356 g/mol. The molecule has 0 heterocycles. The Morgan fingerprint density at radius 3 is 1.90 bits per heavy atom. The van der Waals surface area contributed by atoms with Crippen LogP contribution < -0.4 is 0 Å². The van der Waals surface area contributed by atoms with Crippen molar-refractivity contribution in [2.24, 2.45) is 11.3 Å². The van der Waals surface area contributed by atoms with Gasteiger partial charge in [0.1, 0.15) is 5.75 Å². The molecule has 0 bridgehead atoms. The lowest BCUT2D eigenvalue weighted by molar-refractivity contribution is -0.113. The first-order valence-corrected chi connectivity index (χ1v) is 10.7. The van der Waals surface area contributed by atoms with E-state index in [4.69, 9.17) is 0 Å². The van der Waals surface area contributed by atoms with Gasteiger partial charge in [-0.2, -0.15) is 0 Å². The summed E-state index contributed by atoms with van der Waals surface area (Å²) < 4.78 is 0. The Morgan fingerprint density at radius 2 is 1.45 bits per heavy atom. The minimum Gasteiger partial charge on any atom is -0.507 e. The van der Waals surface area contributed by atoms with Gasteiger partial charge in [-0.15, -0.1) is 0 Å². The van der Waals surface area contributed by atoms with E-state index in [0.29, 0.717) is 5.75 Å². The minimum absolute atomic E-state index is 0.157. The maximum atomic E-state index is 13.0. The number of rotatable bonds is 3. The zero-order valence-corrected chi connectivity index (χ0v) is 19.9. The van der Waals surface area contributed by atoms with Gasteiger partial charge in [0.2, 0.25) is 0 Å². The Balaban J connectivity index is 2.72. The summed E-state index contributed by atoms with van der Waals surface area (Å²) in [7, 11) is 0. The molecule has 1 aliphatic rings. The molecule has 0 aromatic heterocycles. The number of benzene rings is 1. The average molecular weight is 395 g/mol. The van der Waals surface area contributed by atoms with E-state index in [1.807, 2.05) is 12.2 Å². The summed E-state index contributed by atoms with van der Waals surface area (Å²) >= 11 is 0. The van der Waals surface area contributed by atoms with Gasteiger partial charge < -0.3 is 5.11 Å². The van der Waals surface area contributed by atoms with Crippen LogP contribution in [-0.4, -0.2) is 10.9 Å². The molecule has 158 valence electrons. The van der Waals surface area contributed by atoms with Gasteiger partial charge in [-0.25, -0.2) is 0 Å². The van der Waals surface area contributed by atoms with Crippen LogP contribution >= 0.6 is 0 Å². The molecule has 0 saturated heterocycles. The molecule has 0 fully saturated rings. The maximum absolute atomic E-state index is 13.0. The third kappa shape index (κ3) is 5.10. The van der Waals surface area contributed by atoms with E-state index in [-0.39, 0.29) is 28.4 Å². The van der Waals surface area contributed by atoms with E-state index < -0.39 is 0 Å². The van der Waals surface area contributed by atoms with E-state index in [1.165, 1.54) is 0 Å². The summed E-state index contributed by atoms with van der Waals surface area (Å²) in [5.41, 5.74) is 5.37. The summed E-state index contributed by atoms with van der Waals surface area (Å²) in [5.74, 6) is 0.962. The molecule has 1 N–H and O–H groups in total. The average Bonchev–Trinajstić information content (AvgIpc) is 2.55. The molecule has 29 heavy (non-hydrogen) atoms. The number of aromatic hydroxyl groups is 1. The van der Waals surface area contributed by atoms with Crippen molar-refractivity contribution < 1.29 is 9.90 Å². The lowest BCUT2D eigenvalue weighted by atomic mass is 9.75. The van der Waals surface area contributed by atoms with E-state index in [1.54, 1.807) is 0 Å². The van der Waals surface area contributed by atoms with Gasteiger partial charge in [-0.1, -0.05) is 69.2 Å². The summed E-state index contributed by atoms with van der Waals surface area (Å²) in [4.78, 5) is 13.0. The number of hydrogen-bond donors (Lipinski definition) is 1. The number of Topliss-reactive ketones (excluding diaryl/α,β-unsaturated/α-hetero) is 1. The summed E-state index contributed by atoms with van der Waals surface area (Å²) in [5, 5.41) is 10.8. The zero-order chi connectivity index (χ0) is 22.3. The largest absolute Gasteiger partial charge is 0.507 e. The van der Waals surface area contributed by atoms with Crippen molar-refractivity contribution in [2.45, 2.75) is 80.6 Å². The topological polar surface area (TPSA) is 37.3 Å². The Labute approximate surface area is 177 Å². The molecule has 0 saturated carbocycles. The molecule has 0 amide bonds. The van der Waals surface area contributed by atoms with Crippen molar-refractivity contribution in [3.63, 3.8) is 0 Å². The molecule has 0 atom stereocenters. The normalized spacial score (nSPS) is 17.2. The standard InChI is InChI=1S/C27H38O2/c1-16(2)20-12-18(14-22(24(20)28)26(5,6)7)11-19-13-21(17(3)4)25(29)23(15-19)27(8,9)10/h11-17,28H,1-10H3. The molecule has 1 aliphatic carbocycles. The second-order valence-corrected chi connectivity index (χ2v) is 10.9. The number of allylic oxidation sites excluding steroid dienone is 5.